The molecule has 0 fully saturated rings. The number of nitrogens with zero attached hydrogens (tertiary/aromatic N) is 1. The van der Waals surface area contributed by atoms with Crippen LogP contribution in [-0.4, -0.2) is 16.4 Å². The second kappa shape index (κ2) is 4.38. The summed E-state index contributed by atoms with van der Waals surface area (Å²) in [4.78, 5) is 14.3. The van der Waals surface area contributed by atoms with Crippen LogP contribution in [0.25, 0.3) is 0 Å². The first-order chi connectivity index (χ1) is 8.77. The first-order valence-electron chi connectivity index (χ1n) is 5.60. The highest BCUT2D eigenvalue weighted by Crippen LogP contribution is 2.47. The molecule has 1 unspecified atom stereocenters. The van der Waals surface area contributed by atoms with Crippen molar-refractivity contribution in [3.8, 4) is 0 Å². The van der Waals surface area contributed by atoms with Crippen molar-refractivity contribution < 1.29 is 9.90 Å². The molecule has 18 heavy (non-hydrogen) atoms. The van der Waals surface area contributed by atoms with Crippen LogP contribution in [0.3, 0.4) is 0 Å². The molecule has 0 bridgehead atoms. The largest absolute Gasteiger partial charge is 0.479 e. The number of aliphatic carboxylic acids is 1. The number of carboxylic acids is 1. The Balaban J connectivity index is 2.11. The third kappa shape index (κ3) is 1.75. The number of para-hydroxylation sites is 2. The molecule has 0 amide bonds. The van der Waals surface area contributed by atoms with Crippen LogP contribution in [0.4, 0.5) is 11.4 Å². The van der Waals surface area contributed by atoms with Gasteiger partial charge in [-0.2, -0.15) is 0 Å². The van der Waals surface area contributed by atoms with Crippen molar-refractivity contribution >= 4 is 29.1 Å². The molecule has 3 rings (SSSR count). The summed E-state index contributed by atoms with van der Waals surface area (Å²) in [5, 5.41) is 8.76. The summed E-state index contributed by atoms with van der Waals surface area (Å²) in [5.41, 5.74) is 1.86. The van der Waals surface area contributed by atoms with Gasteiger partial charge in [0.25, 0.3) is 0 Å². The van der Waals surface area contributed by atoms with E-state index in [2.05, 4.69) is 0 Å². The number of fused-ring (bicyclic) bond motifs is 1. The smallest absolute Gasteiger partial charge is 0.337 e. The molecule has 0 saturated heterocycles. The van der Waals surface area contributed by atoms with E-state index in [0.29, 0.717) is 0 Å². The molecular weight excluding hydrogens is 246 g/mol. The van der Waals surface area contributed by atoms with Gasteiger partial charge >= 0.3 is 5.97 Å². The molecule has 1 N–H and O–H groups in total. The van der Waals surface area contributed by atoms with Gasteiger partial charge < -0.3 is 10.0 Å². The Morgan fingerprint density at radius 3 is 2.44 bits per heavy atom. The van der Waals surface area contributed by atoms with E-state index in [0.717, 1.165) is 16.3 Å². The molecule has 3 nitrogen and oxygen atoms in total. The Labute approximate surface area is 109 Å². The molecule has 0 radical (unpaired) electrons. The van der Waals surface area contributed by atoms with Crippen LogP contribution in [0.1, 0.15) is 0 Å². The zero-order valence-electron chi connectivity index (χ0n) is 9.48. The number of hydrogen-bond acceptors (Lipinski definition) is 3. The minimum absolute atomic E-state index is 0.593. The Bertz CT molecular complexity index is 585. The zero-order valence-corrected chi connectivity index (χ0v) is 10.3. The van der Waals surface area contributed by atoms with Crippen molar-refractivity contribution in [2.24, 2.45) is 0 Å². The first-order valence-corrected chi connectivity index (χ1v) is 6.48. The second-order valence-electron chi connectivity index (χ2n) is 3.98. The molecular formula is C14H11NO2S. The van der Waals surface area contributed by atoms with Gasteiger partial charge in [-0.15, -0.1) is 0 Å². The SMILES string of the molecule is O=C(O)C1Sc2ccccc2N1c1ccccc1. The first kappa shape index (κ1) is 11.2. The third-order valence-corrected chi connectivity index (χ3v) is 4.08. The topological polar surface area (TPSA) is 40.5 Å². The summed E-state index contributed by atoms with van der Waals surface area (Å²) in [7, 11) is 0. The number of benzene rings is 2. The maximum absolute atomic E-state index is 11.4. The average molecular weight is 257 g/mol. The number of thioether (sulfide) groups is 1. The van der Waals surface area contributed by atoms with Crippen LogP contribution in [0.5, 0.6) is 0 Å². The van der Waals surface area contributed by atoms with Gasteiger partial charge in [-0.05, 0) is 24.3 Å². The van der Waals surface area contributed by atoms with E-state index in [4.69, 9.17) is 0 Å². The van der Waals surface area contributed by atoms with Crippen LogP contribution in [0, 0.1) is 0 Å². The minimum Gasteiger partial charge on any atom is -0.479 e. The predicted molar refractivity (Wildman–Crippen MR) is 72.3 cm³/mol. The standard InChI is InChI=1S/C14H11NO2S/c16-14(17)13-15(10-6-2-1-3-7-10)11-8-4-5-9-12(11)18-13/h1-9,13H,(H,16,17). The number of rotatable bonds is 2. The molecule has 0 aromatic heterocycles. The second-order valence-corrected chi connectivity index (χ2v) is 5.10. The molecule has 2 aromatic rings. The van der Waals surface area contributed by atoms with E-state index in [-0.39, 0.29) is 0 Å². The Morgan fingerprint density at radius 1 is 1.06 bits per heavy atom. The lowest BCUT2D eigenvalue weighted by molar-refractivity contribution is -0.136. The van der Waals surface area contributed by atoms with E-state index in [1.165, 1.54) is 11.8 Å². The van der Waals surface area contributed by atoms with Crippen LogP contribution >= 0.6 is 11.8 Å². The summed E-state index contributed by atoms with van der Waals surface area (Å²) >= 11 is 1.37. The molecule has 1 aliphatic heterocycles. The highest BCUT2D eigenvalue weighted by atomic mass is 32.2. The normalized spacial score (nSPS) is 17.6. The van der Waals surface area contributed by atoms with Gasteiger partial charge in [-0.3, -0.25) is 0 Å². The number of carbonyl (C=O) groups is 1. The van der Waals surface area contributed by atoms with E-state index in [1.54, 1.807) is 0 Å². The summed E-state index contributed by atoms with van der Waals surface area (Å²) in [6.45, 7) is 0. The van der Waals surface area contributed by atoms with Crippen LogP contribution in [0.15, 0.2) is 59.5 Å². The van der Waals surface area contributed by atoms with Gasteiger partial charge in [0, 0.05) is 10.6 Å². The average Bonchev–Trinajstić information content (AvgIpc) is 2.79. The van der Waals surface area contributed by atoms with Crippen molar-refractivity contribution in [3.05, 3.63) is 54.6 Å². The maximum Gasteiger partial charge on any atom is 0.337 e. The van der Waals surface area contributed by atoms with Gasteiger partial charge in [-0.25, -0.2) is 4.79 Å². The predicted octanol–water partition coefficient (Wildman–Crippen LogP) is 3.34. The lowest BCUT2D eigenvalue weighted by Crippen LogP contribution is -2.31. The Morgan fingerprint density at radius 2 is 1.72 bits per heavy atom. The molecule has 0 spiro atoms. The Hall–Kier alpha value is -1.94. The van der Waals surface area contributed by atoms with E-state index in [1.807, 2.05) is 59.5 Å². The van der Waals surface area contributed by atoms with Gasteiger partial charge in [-0.1, -0.05) is 42.1 Å². The Kier molecular flexibility index (Phi) is 2.72. The quantitative estimate of drug-likeness (QED) is 0.895. The van der Waals surface area contributed by atoms with Crippen molar-refractivity contribution in [2.45, 2.75) is 10.3 Å². The molecule has 90 valence electrons. The highest BCUT2D eigenvalue weighted by molar-refractivity contribution is 8.01. The van der Waals surface area contributed by atoms with Crippen molar-refractivity contribution in [1.29, 1.82) is 0 Å². The molecule has 0 aliphatic carbocycles. The molecule has 1 heterocycles. The monoisotopic (exact) mass is 257 g/mol. The minimum atomic E-state index is -0.819. The van der Waals surface area contributed by atoms with Crippen LogP contribution in [-0.2, 0) is 4.79 Å². The van der Waals surface area contributed by atoms with E-state index < -0.39 is 11.3 Å². The highest BCUT2D eigenvalue weighted by Gasteiger charge is 2.35. The van der Waals surface area contributed by atoms with Gasteiger partial charge in [0.1, 0.15) is 0 Å². The molecule has 0 saturated carbocycles. The van der Waals surface area contributed by atoms with Crippen molar-refractivity contribution in [1.82, 2.24) is 0 Å². The lowest BCUT2D eigenvalue weighted by Gasteiger charge is -2.23. The molecule has 1 atom stereocenters. The van der Waals surface area contributed by atoms with Gasteiger partial charge in [0.05, 0.1) is 5.69 Å². The lowest BCUT2D eigenvalue weighted by atomic mass is 10.2. The fraction of sp³-hybridized carbons (Fsp3) is 0.0714. The third-order valence-electron chi connectivity index (χ3n) is 2.84. The van der Waals surface area contributed by atoms with Gasteiger partial charge in [0.2, 0.25) is 0 Å². The van der Waals surface area contributed by atoms with E-state index in [9.17, 15) is 9.90 Å². The molecule has 4 heteroatoms. The number of anilines is 2. The summed E-state index contributed by atoms with van der Waals surface area (Å²) in [5.74, 6) is -0.819. The summed E-state index contributed by atoms with van der Waals surface area (Å²) in [6.07, 6.45) is 0. The fourth-order valence-corrected chi connectivity index (χ4v) is 3.21. The molecule has 1 aliphatic rings. The fourth-order valence-electron chi connectivity index (χ4n) is 2.08. The summed E-state index contributed by atoms with van der Waals surface area (Å²) < 4.78 is 0. The summed E-state index contributed by atoms with van der Waals surface area (Å²) in [6, 6.07) is 17.4. The van der Waals surface area contributed by atoms with E-state index >= 15 is 0 Å². The number of carboxylic acid groups (broad SMARTS) is 1. The molecule has 2 aromatic carbocycles. The van der Waals surface area contributed by atoms with Crippen LogP contribution in [0.2, 0.25) is 0 Å². The van der Waals surface area contributed by atoms with Crippen molar-refractivity contribution in [3.63, 3.8) is 0 Å². The van der Waals surface area contributed by atoms with Crippen LogP contribution < -0.4 is 4.90 Å². The van der Waals surface area contributed by atoms with Gasteiger partial charge in [0.15, 0.2) is 5.37 Å². The van der Waals surface area contributed by atoms with Crippen molar-refractivity contribution in [2.75, 3.05) is 4.90 Å². The maximum atomic E-state index is 11.4. The zero-order chi connectivity index (χ0) is 12.5. The number of hydrogen-bond donors (Lipinski definition) is 1.